The van der Waals surface area contributed by atoms with Gasteiger partial charge in [-0.15, -0.1) is 0 Å². The van der Waals surface area contributed by atoms with Crippen LogP contribution in [0, 0.1) is 11.7 Å². The zero-order valence-electron chi connectivity index (χ0n) is 17.6. The summed E-state index contributed by atoms with van der Waals surface area (Å²) in [5, 5.41) is 3.37. The number of nitrogens with one attached hydrogen (secondary N) is 1. The van der Waals surface area contributed by atoms with Crippen molar-refractivity contribution < 1.29 is 14.0 Å². The number of nitrogens with zero attached hydrogens (tertiary/aromatic N) is 1. The minimum absolute atomic E-state index is 0.111. The minimum Gasteiger partial charge on any atom is -0.325 e. The summed E-state index contributed by atoms with van der Waals surface area (Å²) in [5.41, 5.74) is 2.03. The maximum Gasteiger partial charge on any atom is 0.227 e. The van der Waals surface area contributed by atoms with Crippen LogP contribution in [-0.2, 0) is 11.3 Å². The molecule has 4 nitrogen and oxygen atoms in total. The highest BCUT2D eigenvalue weighted by molar-refractivity contribution is 6.31. The number of halogens is 2. The van der Waals surface area contributed by atoms with Crippen LogP contribution >= 0.6 is 11.6 Å². The molecule has 164 valence electrons. The monoisotopic (exact) mass is 450 g/mol. The molecule has 0 radical (unpaired) electrons. The highest BCUT2D eigenvalue weighted by Gasteiger charge is 2.26. The standard InChI is InChI=1S/C26H24ClFN2O2/c27-21-10-11-24(22(16-21)25(31)18-6-2-1-3-7-18)29-26(32)19-12-14-30(15-13-19)17-20-8-4-5-9-23(20)28/h1-11,16,19H,12-15,17H2,(H,29,32). The first-order chi connectivity index (χ1) is 15.5. The van der Waals surface area contributed by atoms with Crippen molar-refractivity contribution in [3.8, 4) is 0 Å². The van der Waals surface area contributed by atoms with Gasteiger partial charge in [0, 0.05) is 34.2 Å². The van der Waals surface area contributed by atoms with Crippen LogP contribution < -0.4 is 5.32 Å². The van der Waals surface area contributed by atoms with E-state index in [2.05, 4.69) is 10.2 Å². The van der Waals surface area contributed by atoms with Gasteiger partial charge < -0.3 is 5.32 Å². The molecule has 0 unspecified atom stereocenters. The van der Waals surface area contributed by atoms with E-state index in [4.69, 9.17) is 11.6 Å². The Morgan fingerprint density at radius 1 is 0.969 bits per heavy atom. The Morgan fingerprint density at radius 3 is 2.38 bits per heavy atom. The molecule has 1 heterocycles. The van der Waals surface area contributed by atoms with Crippen LogP contribution in [0.3, 0.4) is 0 Å². The number of likely N-dealkylation sites (tertiary alicyclic amines) is 1. The van der Waals surface area contributed by atoms with Gasteiger partial charge in [-0.05, 0) is 50.2 Å². The second-order valence-corrected chi connectivity index (χ2v) is 8.45. The van der Waals surface area contributed by atoms with Crippen molar-refractivity contribution in [1.29, 1.82) is 0 Å². The third-order valence-electron chi connectivity index (χ3n) is 5.83. The van der Waals surface area contributed by atoms with Crippen LogP contribution in [0.5, 0.6) is 0 Å². The van der Waals surface area contributed by atoms with Gasteiger partial charge >= 0.3 is 0 Å². The zero-order chi connectivity index (χ0) is 22.5. The van der Waals surface area contributed by atoms with Crippen molar-refractivity contribution >= 4 is 29.0 Å². The number of ketones is 1. The lowest BCUT2D eigenvalue weighted by Crippen LogP contribution is -2.38. The number of carbonyl (C=O) groups excluding carboxylic acids is 2. The van der Waals surface area contributed by atoms with E-state index in [1.54, 1.807) is 54.6 Å². The average Bonchev–Trinajstić information content (AvgIpc) is 2.82. The molecule has 6 heteroatoms. The molecule has 1 N–H and O–H groups in total. The quantitative estimate of drug-likeness (QED) is 0.500. The van der Waals surface area contributed by atoms with Gasteiger partial charge in [0.2, 0.25) is 5.91 Å². The van der Waals surface area contributed by atoms with E-state index in [0.29, 0.717) is 59.9 Å². The van der Waals surface area contributed by atoms with Gasteiger partial charge in [0.1, 0.15) is 5.82 Å². The third-order valence-corrected chi connectivity index (χ3v) is 6.07. The highest BCUT2D eigenvalue weighted by atomic mass is 35.5. The van der Waals surface area contributed by atoms with Crippen LogP contribution in [-0.4, -0.2) is 29.7 Å². The predicted octanol–water partition coefficient (Wildman–Crippen LogP) is 5.56. The maximum atomic E-state index is 13.9. The molecule has 1 aliphatic rings. The fourth-order valence-electron chi connectivity index (χ4n) is 4.01. The Kier molecular flexibility index (Phi) is 6.98. The van der Waals surface area contributed by atoms with Crippen molar-refractivity contribution in [3.05, 3.63) is 100 Å². The number of anilines is 1. The molecule has 0 aromatic heterocycles. The summed E-state index contributed by atoms with van der Waals surface area (Å²) in [6.45, 7) is 1.96. The van der Waals surface area contributed by atoms with Gasteiger partial charge in [-0.25, -0.2) is 4.39 Å². The first kappa shape index (κ1) is 22.2. The summed E-state index contributed by atoms with van der Waals surface area (Å²) in [7, 11) is 0. The number of hydrogen-bond acceptors (Lipinski definition) is 3. The van der Waals surface area contributed by atoms with Gasteiger partial charge in [-0.2, -0.15) is 0 Å². The van der Waals surface area contributed by atoms with Crippen LogP contribution in [0.2, 0.25) is 5.02 Å². The average molecular weight is 451 g/mol. The SMILES string of the molecule is O=C(c1ccccc1)c1cc(Cl)ccc1NC(=O)C1CCN(Cc2ccccc2F)CC1. The molecule has 4 rings (SSSR count). The topological polar surface area (TPSA) is 49.4 Å². The molecule has 1 saturated heterocycles. The molecule has 32 heavy (non-hydrogen) atoms. The Balaban J connectivity index is 1.41. The van der Waals surface area contributed by atoms with Crippen molar-refractivity contribution in [3.63, 3.8) is 0 Å². The smallest absolute Gasteiger partial charge is 0.227 e. The maximum absolute atomic E-state index is 13.9. The Morgan fingerprint density at radius 2 is 1.66 bits per heavy atom. The van der Waals surface area contributed by atoms with Crippen LogP contribution in [0.4, 0.5) is 10.1 Å². The van der Waals surface area contributed by atoms with E-state index >= 15 is 0 Å². The summed E-state index contributed by atoms with van der Waals surface area (Å²) >= 11 is 6.13. The molecule has 1 aliphatic heterocycles. The van der Waals surface area contributed by atoms with E-state index in [0.717, 1.165) is 0 Å². The summed E-state index contributed by atoms with van der Waals surface area (Å²) in [5.74, 6) is -0.670. The molecule has 1 fully saturated rings. The molecule has 0 aliphatic carbocycles. The minimum atomic E-state index is -0.203. The predicted molar refractivity (Wildman–Crippen MR) is 124 cm³/mol. The number of rotatable bonds is 6. The largest absolute Gasteiger partial charge is 0.325 e. The van der Waals surface area contributed by atoms with Gasteiger partial charge in [-0.3, -0.25) is 14.5 Å². The fraction of sp³-hybridized carbons (Fsp3) is 0.231. The normalized spacial score (nSPS) is 14.8. The summed E-state index contributed by atoms with van der Waals surface area (Å²) in [6, 6.07) is 20.6. The van der Waals surface area contributed by atoms with E-state index in [1.165, 1.54) is 6.07 Å². The zero-order valence-corrected chi connectivity index (χ0v) is 18.3. The van der Waals surface area contributed by atoms with Gasteiger partial charge in [-0.1, -0.05) is 60.1 Å². The second kappa shape index (κ2) is 10.1. The van der Waals surface area contributed by atoms with Gasteiger partial charge in [0.15, 0.2) is 5.78 Å². The van der Waals surface area contributed by atoms with Crippen molar-refractivity contribution in [2.75, 3.05) is 18.4 Å². The lowest BCUT2D eigenvalue weighted by Gasteiger charge is -2.31. The number of benzene rings is 3. The first-order valence-corrected chi connectivity index (χ1v) is 11.0. The lowest BCUT2D eigenvalue weighted by molar-refractivity contribution is -0.121. The number of hydrogen-bond donors (Lipinski definition) is 1. The van der Waals surface area contributed by atoms with E-state index in [9.17, 15) is 14.0 Å². The van der Waals surface area contributed by atoms with Crippen molar-refractivity contribution in [2.24, 2.45) is 5.92 Å². The van der Waals surface area contributed by atoms with Crippen molar-refractivity contribution in [2.45, 2.75) is 19.4 Å². The third kappa shape index (κ3) is 5.23. The summed E-state index contributed by atoms with van der Waals surface area (Å²) in [6.07, 6.45) is 1.35. The van der Waals surface area contributed by atoms with Crippen molar-refractivity contribution in [1.82, 2.24) is 4.90 Å². The molecule has 0 spiro atoms. The molecule has 3 aromatic carbocycles. The van der Waals surface area contributed by atoms with E-state index in [-0.39, 0.29) is 23.4 Å². The number of carbonyl (C=O) groups is 2. The second-order valence-electron chi connectivity index (χ2n) is 8.02. The Labute approximate surface area is 192 Å². The van der Waals surface area contributed by atoms with Crippen LogP contribution in [0.1, 0.15) is 34.3 Å². The van der Waals surface area contributed by atoms with E-state index < -0.39 is 0 Å². The molecule has 0 atom stereocenters. The molecule has 1 amide bonds. The molecular formula is C26H24ClFN2O2. The van der Waals surface area contributed by atoms with Gasteiger partial charge in [0.05, 0.1) is 5.69 Å². The highest BCUT2D eigenvalue weighted by Crippen LogP contribution is 2.26. The lowest BCUT2D eigenvalue weighted by atomic mass is 9.95. The summed E-state index contributed by atoms with van der Waals surface area (Å²) in [4.78, 5) is 28.1. The van der Waals surface area contributed by atoms with Gasteiger partial charge in [0.25, 0.3) is 0 Å². The Hall–Kier alpha value is -3.02. The first-order valence-electron chi connectivity index (χ1n) is 10.7. The molecule has 0 bridgehead atoms. The number of piperidine rings is 1. The fourth-order valence-corrected chi connectivity index (χ4v) is 4.19. The molecular weight excluding hydrogens is 427 g/mol. The van der Waals surface area contributed by atoms with Crippen LogP contribution in [0.25, 0.3) is 0 Å². The summed E-state index contributed by atoms with van der Waals surface area (Å²) < 4.78 is 13.9. The Bertz CT molecular complexity index is 1110. The number of amides is 1. The molecule has 3 aromatic rings. The van der Waals surface area contributed by atoms with E-state index in [1.807, 2.05) is 12.1 Å². The molecule has 0 saturated carbocycles. The van der Waals surface area contributed by atoms with Crippen LogP contribution in [0.15, 0.2) is 72.8 Å².